The maximum Gasteiger partial charge on any atom is 0.150 e. The van der Waals surface area contributed by atoms with Gasteiger partial charge in [0.05, 0.1) is 23.0 Å². The molecule has 32 heavy (non-hydrogen) atoms. The Balaban J connectivity index is 1.80. The lowest BCUT2D eigenvalue weighted by atomic mass is 10.0. The minimum atomic E-state index is 0.346. The van der Waals surface area contributed by atoms with Crippen molar-refractivity contribution in [2.45, 2.75) is 19.9 Å². The van der Waals surface area contributed by atoms with Crippen molar-refractivity contribution in [2.75, 3.05) is 5.73 Å². The molecule has 156 valence electrons. The van der Waals surface area contributed by atoms with E-state index in [1.165, 1.54) is 0 Å². The van der Waals surface area contributed by atoms with Gasteiger partial charge in [0.25, 0.3) is 0 Å². The number of rotatable bonds is 5. The number of nitrogens with two attached hydrogens (primary N) is 1. The number of aromatic nitrogens is 6. The first-order valence-electron chi connectivity index (χ1n) is 10.3. The van der Waals surface area contributed by atoms with Crippen molar-refractivity contribution in [3.63, 3.8) is 0 Å². The molecule has 0 atom stereocenters. The molecule has 8 nitrogen and oxygen atoms in total. The predicted molar refractivity (Wildman–Crippen MR) is 121 cm³/mol. The quantitative estimate of drug-likeness (QED) is 0.464. The van der Waals surface area contributed by atoms with E-state index in [4.69, 9.17) is 15.8 Å². The van der Waals surface area contributed by atoms with Gasteiger partial charge < -0.3 is 5.73 Å². The fourth-order valence-corrected chi connectivity index (χ4v) is 3.88. The molecule has 0 saturated carbocycles. The highest BCUT2D eigenvalue weighted by Crippen LogP contribution is 2.35. The second-order valence-electron chi connectivity index (χ2n) is 7.31. The lowest BCUT2D eigenvalue weighted by molar-refractivity contribution is 0.663. The number of hydrogen-bond donors (Lipinski definition) is 1. The third-order valence-corrected chi connectivity index (χ3v) is 5.34. The highest BCUT2D eigenvalue weighted by atomic mass is 15.3. The van der Waals surface area contributed by atoms with Gasteiger partial charge in [-0.05, 0) is 37.3 Å². The number of nitrogens with zero attached hydrogens (tertiary/aromatic N) is 7. The highest BCUT2D eigenvalue weighted by Gasteiger charge is 2.22. The van der Waals surface area contributed by atoms with E-state index in [1.807, 2.05) is 64.7 Å². The molecule has 0 fully saturated rings. The molecule has 0 saturated heterocycles. The first kappa shape index (κ1) is 19.5. The SMILES string of the molecule is CCn1nccc1-c1c(-c2ccccc2C#N)nc(N)c2cc(Cc3ccccn3)nn12. The lowest BCUT2D eigenvalue weighted by Gasteiger charge is -2.14. The van der Waals surface area contributed by atoms with Crippen LogP contribution in [-0.2, 0) is 13.0 Å². The molecule has 0 aliphatic rings. The van der Waals surface area contributed by atoms with Crippen LogP contribution in [0.3, 0.4) is 0 Å². The van der Waals surface area contributed by atoms with Gasteiger partial charge in [-0.25, -0.2) is 9.50 Å². The van der Waals surface area contributed by atoms with Crippen LogP contribution in [-0.4, -0.2) is 29.4 Å². The number of pyridine rings is 1. The second kappa shape index (κ2) is 7.96. The van der Waals surface area contributed by atoms with E-state index in [0.29, 0.717) is 41.1 Å². The molecule has 0 unspecified atom stereocenters. The summed E-state index contributed by atoms with van der Waals surface area (Å²) < 4.78 is 3.69. The zero-order valence-corrected chi connectivity index (χ0v) is 17.5. The number of hydrogen-bond acceptors (Lipinski definition) is 6. The second-order valence-corrected chi connectivity index (χ2v) is 7.31. The zero-order chi connectivity index (χ0) is 22.1. The summed E-state index contributed by atoms with van der Waals surface area (Å²) in [6, 6.07) is 19.3. The molecule has 0 amide bonds. The summed E-state index contributed by atoms with van der Waals surface area (Å²) in [5.41, 5.74) is 12.2. The molecule has 0 aliphatic carbocycles. The first-order valence-corrected chi connectivity index (χ1v) is 10.3. The molecule has 0 bridgehead atoms. The van der Waals surface area contributed by atoms with Crippen molar-refractivity contribution >= 4 is 11.3 Å². The molecule has 5 rings (SSSR count). The Bertz CT molecular complexity index is 1460. The van der Waals surface area contributed by atoms with Crippen molar-refractivity contribution in [1.82, 2.24) is 29.4 Å². The lowest BCUT2D eigenvalue weighted by Crippen LogP contribution is -2.09. The third-order valence-electron chi connectivity index (χ3n) is 5.34. The number of nitrogen functional groups attached to an aromatic ring is 1. The molecular weight excluding hydrogens is 400 g/mol. The van der Waals surface area contributed by atoms with E-state index in [9.17, 15) is 5.26 Å². The van der Waals surface area contributed by atoms with Crippen LogP contribution in [0.25, 0.3) is 28.2 Å². The highest BCUT2D eigenvalue weighted by molar-refractivity contribution is 5.85. The van der Waals surface area contributed by atoms with Gasteiger partial charge in [0.2, 0.25) is 0 Å². The van der Waals surface area contributed by atoms with Crippen molar-refractivity contribution in [1.29, 1.82) is 5.26 Å². The number of nitriles is 1. The monoisotopic (exact) mass is 420 g/mol. The zero-order valence-electron chi connectivity index (χ0n) is 17.5. The maximum absolute atomic E-state index is 9.70. The molecule has 0 aliphatic heterocycles. The third kappa shape index (κ3) is 3.26. The van der Waals surface area contributed by atoms with Crippen LogP contribution < -0.4 is 5.73 Å². The van der Waals surface area contributed by atoms with Crippen molar-refractivity contribution in [2.24, 2.45) is 0 Å². The van der Waals surface area contributed by atoms with Gasteiger partial charge in [-0.3, -0.25) is 9.67 Å². The van der Waals surface area contributed by atoms with Crippen LogP contribution >= 0.6 is 0 Å². The fourth-order valence-electron chi connectivity index (χ4n) is 3.88. The summed E-state index contributed by atoms with van der Waals surface area (Å²) in [4.78, 5) is 9.15. The molecule has 1 aromatic carbocycles. The van der Waals surface area contributed by atoms with E-state index < -0.39 is 0 Å². The Kier molecular flexibility index (Phi) is 4.84. The van der Waals surface area contributed by atoms with Gasteiger partial charge >= 0.3 is 0 Å². The summed E-state index contributed by atoms with van der Waals surface area (Å²) >= 11 is 0. The normalized spacial score (nSPS) is 11.0. The number of aryl methyl sites for hydroxylation is 1. The van der Waals surface area contributed by atoms with Gasteiger partial charge in [0.15, 0.2) is 0 Å². The standard InChI is InChI=1S/C24H20N8/c1-2-31-20(10-12-28-31)23-22(19-9-4-3-7-16(19)15-25)29-24(26)21-14-18(30-32(21)23)13-17-8-5-6-11-27-17/h3-12,14H,2,13H2,1H3,(H2,26,29). The Morgan fingerprint density at radius 1 is 1.03 bits per heavy atom. The minimum absolute atomic E-state index is 0.346. The van der Waals surface area contributed by atoms with Gasteiger partial charge in [-0.2, -0.15) is 15.5 Å². The Labute approximate surface area is 184 Å². The van der Waals surface area contributed by atoms with Crippen molar-refractivity contribution in [3.8, 4) is 28.7 Å². The molecule has 8 heteroatoms. The van der Waals surface area contributed by atoms with E-state index in [2.05, 4.69) is 16.2 Å². The molecule has 2 N–H and O–H groups in total. The van der Waals surface area contributed by atoms with Gasteiger partial charge in [-0.15, -0.1) is 0 Å². The van der Waals surface area contributed by atoms with Gasteiger partial charge in [-0.1, -0.05) is 24.3 Å². The number of fused-ring (bicyclic) bond motifs is 1. The van der Waals surface area contributed by atoms with Gasteiger partial charge in [0, 0.05) is 36.6 Å². The van der Waals surface area contributed by atoms with Crippen LogP contribution in [0.15, 0.2) is 67.0 Å². The molecule has 0 radical (unpaired) electrons. The maximum atomic E-state index is 9.70. The van der Waals surface area contributed by atoms with E-state index >= 15 is 0 Å². The summed E-state index contributed by atoms with van der Waals surface area (Å²) in [5.74, 6) is 0.346. The minimum Gasteiger partial charge on any atom is -0.382 e. The average molecular weight is 420 g/mol. The van der Waals surface area contributed by atoms with Crippen molar-refractivity contribution in [3.05, 3.63) is 83.9 Å². The van der Waals surface area contributed by atoms with E-state index in [1.54, 1.807) is 18.5 Å². The van der Waals surface area contributed by atoms with Crippen LogP contribution in [0.5, 0.6) is 0 Å². The first-order chi connectivity index (χ1) is 15.7. The van der Waals surface area contributed by atoms with E-state index in [0.717, 1.165) is 22.8 Å². The Hall–Kier alpha value is -4.51. The number of benzene rings is 1. The van der Waals surface area contributed by atoms with Crippen molar-refractivity contribution < 1.29 is 0 Å². The smallest absolute Gasteiger partial charge is 0.150 e. The molecule has 5 aromatic rings. The average Bonchev–Trinajstić information content (AvgIpc) is 3.47. The van der Waals surface area contributed by atoms with Gasteiger partial charge in [0.1, 0.15) is 22.7 Å². The summed E-state index contributed by atoms with van der Waals surface area (Å²) in [6.07, 6.45) is 4.08. The van der Waals surface area contributed by atoms with Crippen LogP contribution in [0.1, 0.15) is 23.9 Å². The van der Waals surface area contributed by atoms with E-state index in [-0.39, 0.29) is 0 Å². The molecule has 0 spiro atoms. The summed E-state index contributed by atoms with van der Waals surface area (Å²) in [7, 11) is 0. The molecule has 4 aromatic heterocycles. The van der Waals surface area contributed by atoms with Crippen LogP contribution in [0, 0.1) is 11.3 Å². The van der Waals surface area contributed by atoms with Crippen LogP contribution in [0.2, 0.25) is 0 Å². The Morgan fingerprint density at radius 2 is 1.88 bits per heavy atom. The predicted octanol–water partition coefficient (Wildman–Crippen LogP) is 3.72. The molecular formula is C24H20N8. The largest absolute Gasteiger partial charge is 0.382 e. The number of anilines is 1. The Morgan fingerprint density at radius 3 is 2.66 bits per heavy atom. The van der Waals surface area contributed by atoms with Crippen LogP contribution in [0.4, 0.5) is 5.82 Å². The summed E-state index contributed by atoms with van der Waals surface area (Å²) in [6.45, 7) is 2.70. The topological polar surface area (TPSA) is 111 Å². The molecule has 4 heterocycles. The summed E-state index contributed by atoms with van der Waals surface area (Å²) in [5, 5.41) is 19.0. The fraction of sp³-hybridized carbons (Fsp3) is 0.125.